The highest BCUT2D eigenvalue weighted by Gasteiger charge is 2.12. The second-order valence-electron chi connectivity index (χ2n) is 5.30. The van der Waals surface area contributed by atoms with Crippen LogP contribution < -0.4 is 5.32 Å². The third-order valence-corrected chi connectivity index (χ3v) is 3.23. The highest BCUT2D eigenvalue weighted by Crippen LogP contribution is 2.00. The molecule has 144 valence electrons. The summed E-state index contributed by atoms with van der Waals surface area (Å²) in [5, 5.41) is 11.1. The number of methoxy groups -OCH3 is 1. The Morgan fingerprint density at radius 2 is 1.77 bits per heavy atom. The molecule has 0 aliphatic heterocycles. The predicted molar refractivity (Wildman–Crippen MR) is 91.5 cm³/mol. The third-order valence-electron chi connectivity index (χ3n) is 3.23. The molecule has 26 heavy (non-hydrogen) atoms. The first-order valence-electron chi connectivity index (χ1n) is 8.04. The highest BCUT2D eigenvalue weighted by molar-refractivity contribution is 5.77. The minimum Gasteiger partial charge on any atom is -0.480 e. The molecular formula is C17H24N2O7. The smallest absolute Gasteiger partial charge is 0.407 e. The molecule has 0 aliphatic rings. The molecular weight excluding hydrogens is 344 g/mol. The van der Waals surface area contributed by atoms with Gasteiger partial charge >= 0.3 is 18.0 Å². The number of ether oxygens (including phenoxy) is 3. The maximum atomic E-state index is 11.6. The summed E-state index contributed by atoms with van der Waals surface area (Å²) in [7, 11) is 1.52. The van der Waals surface area contributed by atoms with Gasteiger partial charge in [0.2, 0.25) is 0 Å². The number of nitrogens with one attached hydrogen (secondary N) is 1. The number of carboxylic acid groups (broad SMARTS) is 1. The summed E-state index contributed by atoms with van der Waals surface area (Å²) in [4.78, 5) is 35.4. The molecule has 0 atom stereocenters. The number of aliphatic carboxylic acids is 1. The molecule has 0 saturated carbocycles. The first-order chi connectivity index (χ1) is 12.5. The van der Waals surface area contributed by atoms with E-state index >= 15 is 0 Å². The Kier molecular flexibility index (Phi) is 10.4. The second-order valence-corrected chi connectivity index (χ2v) is 5.30. The van der Waals surface area contributed by atoms with E-state index in [1.54, 1.807) is 4.90 Å². The van der Waals surface area contributed by atoms with Gasteiger partial charge in [0, 0.05) is 20.2 Å². The van der Waals surface area contributed by atoms with Gasteiger partial charge in [-0.15, -0.1) is 0 Å². The molecule has 0 saturated heterocycles. The van der Waals surface area contributed by atoms with Gasteiger partial charge in [-0.3, -0.25) is 14.5 Å². The Hall–Kier alpha value is -2.65. The van der Waals surface area contributed by atoms with Crippen molar-refractivity contribution >= 4 is 18.0 Å². The van der Waals surface area contributed by atoms with Gasteiger partial charge in [0.05, 0.1) is 13.2 Å². The predicted octanol–water partition coefficient (Wildman–Crippen LogP) is 0.489. The first-order valence-corrected chi connectivity index (χ1v) is 8.04. The summed E-state index contributed by atoms with van der Waals surface area (Å²) in [5.74, 6) is -1.61. The van der Waals surface area contributed by atoms with Crippen LogP contribution in [-0.2, 0) is 30.4 Å². The Morgan fingerprint density at radius 1 is 1.08 bits per heavy atom. The Balaban J connectivity index is 2.18. The summed E-state index contributed by atoms with van der Waals surface area (Å²) in [6.45, 7) is 0.637. The molecule has 0 heterocycles. The molecule has 9 heteroatoms. The van der Waals surface area contributed by atoms with Crippen LogP contribution in [0.25, 0.3) is 0 Å². The fourth-order valence-electron chi connectivity index (χ4n) is 1.94. The molecule has 0 unspecified atom stereocenters. The molecule has 0 spiro atoms. The van der Waals surface area contributed by atoms with Crippen LogP contribution >= 0.6 is 0 Å². The van der Waals surface area contributed by atoms with Crippen molar-refractivity contribution in [2.24, 2.45) is 0 Å². The number of nitrogens with zero attached hydrogens (tertiary/aromatic N) is 1. The van der Waals surface area contributed by atoms with E-state index in [1.807, 2.05) is 30.3 Å². The van der Waals surface area contributed by atoms with Gasteiger partial charge in [0.15, 0.2) is 0 Å². The van der Waals surface area contributed by atoms with Crippen LogP contribution in [0.2, 0.25) is 0 Å². The quantitative estimate of drug-likeness (QED) is 0.512. The highest BCUT2D eigenvalue weighted by atomic mass is 16.6. The minimum absolute atomic E-state index is 0.0105. The van der Waals surface area contributed by atoms with Crippen molar-refractivity contribution in [2.75, 3.05) is 46.5 Å². The number of hydrogen-bond acceptors (Lipinski definition) is 7. The number of benzene rings is 1. The van der Waals surface area contributed by atoms with Crippen LogP contribution in [0.15, 0.2) is 30.3 Å². The molecule has 0 bridgehead atoms. The molecule has 0 fully saturated rings. The van der Waals surface area contributed by atoms with Gasteiger partial charge in [0.25, 0.3) is 0 Å². The summed E-state index contributed by atoms with van der Waals surface area (Å²) in [5.41, 5.74) is 0.833. The SMILES string of the molecule is COCCN(CCOC(=O)CNC(=O)OCc1ccccc1)CC(=O)O. The molecule has 0 radical (unpaired) electrons. The molecule has 2 N–H and O–H groups in total. The van der Waals surface area contributed by atoms with Gasteiger partial charge < -0.3 is 24.6 Å². The summed E-state index contributed by atoms with van der Waals surface area (Å²) >= 11 is 0. The number of rotatable bonds is 12. The molecule has 0 aliphatic carbocycles. The average Bonchev–Trinajstić information content (AvgIpc) is 2.63. The number of hydrogen-bond donors (Lipinski definition) is 2. The largest absolute Gasteiger partial charge is 0.480 e. The molecule has 1 aromatic rings. The van der Waals surface area contributed by atoms with E-state index in [-0.39, 0.29) is 32.8 Å². The van der Waals surface area contributed by atoms with Crippen LogP contribution in [0.5, 0.6) is 0 Å². The van der Waals surface area contributed by atoms with E-state index < -0.39 is 18.0 Å². The maximum Gasteiger partial charge on any atom is 0.407 e. The molecule has 9 nitrogen and oxygen atoms in total. The normalized spacial score (nSPS) is 10.4. The lowest BCUT2D eigenvalue weighted by Crippen LogP contribution is -2.37. The summed E-state index contributed by atoms with van der Waals surface area (Å²) in [6.07, 6.45) is -0.724. The topological polar surface area (TPSA) is 114 Å². The molecule has 1 amide bonds. The van der Waals surface area contributed by atoms with Crippen LogP contribution in [0.4, 0.5) is 4.79 Å². The van der Waals surface area contributed by atoms with Crippen LogP contribution in [0.1, 0.15) is 5.56 Å². The lowest BCUT2D eigenvalue weighted by molar-refractivity contribution is -0.143. The van der Waals surface area contributed by atoms with Gasteiger partial charge in [0.1, 0.15) is 19.8 Å². The zero-order chi connectivity index (χ0) is 19.2. The minimum atomic E-state index is -0.977. The Morgan fingerprint density at radius 3 is 2.42 bits per heavy atom. The van der Waals surface area contributed by atoms with Gasteiger partial charge in [-0.2, -0.15) is 0 Å². The van der Waals surface area contributed by atoms with Crippen molar-refractivity contribution in [3.05, 3.63) is 35.9 Å². The first kappa shape index (κ1) is 21.4. The van der Waals surface area contributed by atoms with Crippen molar-refractivity contribution in [1.29, 1.82) is 0 Å². The summed E-state index contributed by atoms with van der Waals surface area (Å²) in [6, 6.07) is 9.14. The van der Waals surface area contributed by atoms with Crippen molar-refractivity contribution in [3.63, 3.8) is 0 Å². The van der Waals surface area contributed by atoms with Crippen molar-refractivity contribution < 1.29 is 33.7 Å². The number of esters is 1. The van der Waals surface area contributed by atoms with E-state index in [0.29, 0.717) is 13.2 Å². The Labute approximate surface area is 151 Å². The number of carbonyl (C=O) groups excluding carboxylic acids is 2. The zero-order valence-corrected chi connectivity index (χ0v) is 14.7. The second kappa shape index (κ2) is 12.7. The molecule has 1 aromatic carbocycles. The van der Waals surface area contributed by atoms with Gasteiger partial charge in [-0.1, -0.05) is 30.3 Å². The number of alkyl carbamates (subject to hydrolysis) is 1. The van der Waals surface area contributed by atoms with Gasteiger partial charge in [-0.05, 0) is 5.56 Å². The fourth-order valence-corrected chi connectivity index (χ4v) is 1.94. The molecule has 0 aromatic heterocycles. The number of amides is 1. The zero-order valence-electron chi connectivity index (χ0n) is 14.7. The maximum absolute atomic E-state index is 11.6. The average molecular weight is 368 g/mol. The number of carbonyl (C=O) groups is 3. The third kappa shape index (κ3) is 10.3. The van der Waals surface area contributed by atoms with Crippen molar-refractivity contribution in [3.8, 4) is 0 Å². The van der Waals surface area contributed by atoms with E-state index in [2.05, 4.69) is 5.32 Å². The van der Waals surface area contributed by atoms with E-state index in [1.165, 1.54) is 7.11 Å². The van der Waals surface area contributed by atoms with E-state index in [9.17, 15) is 14.4 Å². The fraction of sp³-hybridized carbons (Fsp3) is 0.471. The van der Waals surface area contributed by atoms with Crippen LogP contribution in [0, 0.1) is 0 Å². The van der Waals surface area contributed by atoms with Gasteiger partial charge in [-0.25, -0.2) is 4.79 Å². The summed E-state index contributed by atoms with van der Waals surface area (Å²) < 4.78 is 14.8. The lowest BCUT2D eigenvalue weighted by atomic mass is 10.2. The van der Waals surface area contributed by atoms with E-state index in [4.69, 9.17) is 19.3 Å². The molecule has 1 rings (SSSR count). The van der Waals surface area contributed by atoms with Crippen molar-refractivity contribution in [1.82, 2.24) is 10.2 Å². The van der Waals surface area contributed by atoms with Crippen molar-refractivity contribution in [2.45, 2.75) is 6.61 Å². The lowest BCUT2D eigenvalue weighted by Gasteiger charge is -2.19. The Bertz CT molecular complexity index is 565. The standard InChI is InChI=1S/C17H24N2O7/c1-24-9-7-19(12-15(20)21)8-10-25-16(22)11-18-17(23)26-13-14-5-3-2-4-6-14/h2-6H,7-13H2,1H3,(H,18,23)(H,20,21). The monoisotopic (exact) mass is 368 g/mol. The van der Waals surface area contributed by atoms with Crippen LogP contribution in [0.3, 0.4) is 0 Å². The van der Waals surface area contributed by atoms with Crippen LogP contribution in [-0.4, -0.2) is 74.5 Å². The van der Waals surface area contributed by atoms with E-state index in [0.717, 1.165) is 5.56 Å². The number of carboxylic acids is 1.